The quantitative estimate of drug-likeness (QED) is 0.498. The molecule has 0 spiro atoms. The Bertz CT molecular complexity index is 1000. The Morgan fingerprint density at radius 1 is 1.17 bits per heavy atom. The monoisotopic (exact) mass is 408 g/mol. The van der Waals surface area contributed by atoms with Crippen LogP contribution in [-0.4, -0.2) is 41.6 Å². The Morgan fingerprint density at radius 3 is 2.86 bits per heavy atom. The van der Waals surface area contributed by atoms with Crippen molar-refractivity contribution in [3.05, 3.63) is 65.4 Å². The molecule has 3 heterocycles. The summed E-state index contributed by atoms with van der Waals surface area (Å²) < 4.78 is 0. The highest BCUT2D eigenvalue weighted by Crippen LogP contribution is 2.25. The van der Waals surface area contributed by atoms with E-state index in [4.69, 9.17) is 16.6 Å². The Labute approximate surface area is 176 Å². The van der Waals surface area contributed by atoms with E-state index in [9.17, 15) is 0 Å². The van der Waals surface area contributed by atoms with Crippen LogP contribution in [-0.2, 0) is 6.54 Å². The maximum Gasteiger partial charge on any atom is 0.191 e. The molecule has 1 aromatic carbocycles. The minimum absolute atomic E-state index is 0.288. The van der Waals surface area contributed by atoms with Gasteiger partial charge in [-0.1, -0.05) is 35.9 Å². The van der Waals surface area contributed by atoms with E-state index in [0.29, 0.717) is 11.6 Å². The fraction of sp³-hybridized carbons (Fsp3) is 0.318. The van der Waals surface area contributed by atoms with E-state index in [-0.39, 0.29) is 6.04 Å². The lowest BCUT2D eigenvalue weighted by Crippen LogP contribution is -2.44. The number of aromatic nitrogens is 2. The molecule has 0 saturated carbocycles. The normalized spacial score (nSPS) is 17.0. The molecule has 6 nitrogen and oxygen atoms in total. The Hall–Kier alpha value is -2.86. The predicted octanol–water partition coefficient (Wildman–Crippen LogP) is 3.62. The summed E-state index contributed by atoms with van der Waals surface area (Å²) in [5, 5.41) is 8.74. The summed E-state index contributed by atoms with van der Waals surface area (Å²) in [4.78, 5) is 16.0. The molecule has 1 saturated heterocycles. The zero-order valence-corrected chi connectivity index (χ0v) is 17.2. The average molecular weight is 409 g/mol. The number of nitrogens with one attached hydrogen (secondary N) is 2. The number of hydrogen-bond donors (Lipinski definition) is 2. The van der Waals surface area contributed by atoms with E-state index < -0.39 is 0 Å². The number of fused-ring (bicyclic) bond motifs is 1. The van der Waals surface area contributed by atoms with E-state index in [1.54, 1.807) is 6.20 Å². The second-order valence-electron chi connectivity index (χ2n) is 7.07. The summed E-state index contributed by atoms with van der Waals surface area (Å²) in [5.41, 5.74) is 2.13. The number of anilines is 1. The molecule has 1 aliphatic heterocycles. The standard InChI is InChI=1S/C22H25ClN6/c1-2-24-22(27-14-17-7-3-6-16-8-4-11-25-20(16)17)28-18-10-13-29(15-18)21-19(23)9-5-12-26-21/h3-9,11-12,18H,2,10,13-15H2,1H3,(H2,24,27,28). The fourth-order valence-electron chi connectivity index (χ4n) is 3.65. The van der Waals surface area contributed by atoms with Gasteiger partial charge in [-0.2, -0.15) is 0 Å². The molecule has 7 heteroatoms. The number of hydrogen-bond acceptors (Lipinski definition) is 4. The van der Waals surface area contributed by atoms with Crippen molar-refractivity contribution in [1.82, 2.24) is 20.6 Å². The molecule has 1 fully saturated rings. The van der Waals surface area contributed by atoms with Gasteiger partial charge < -0.3 is 15.5 Å². The summed E-state index contributed by atoms with van der Waals surface area (Å²) in [7, 11) is 0. The number of para-hydroxylation sites is 1. The summed E-state index contributed by atoms with van der Waals surface area (Å²) >= 11 is 6.31. The number of rotatable bonds is 5. The van der Waals surface area contributed by atoms with Crippen LogP contribution in [0.3, 0.4) is 0 Å². The summed E-state index contributed by atoms with van der Waals surface area (Å²) in [6, 6.07) is 14.3. The molecule has 2 aromatic heterocycles. The molecule has 0 bridgehead atoms. The van der Waals surface area contributed by atoms with Crippen LogP contribution in [0.2, 0.25) is 5.02 Å². The molecule has 4 rings (SSSR count). The Morgan fingerprint density at radius 2 is 2.00 bits per heavy atom. The molecular formula is C22H25ClN6. The van der Waals surface area contributed by atoms with Gasteiger partial charge in [-0.05, 0) is 37.1 Å². The maximum absolute atomic E-state index is 6.31. The first-order chi connectivity index (χ1) is 14.2. The second kappa shape index (κ2) is 9.09. The molecule has 1 unspecified atom stereocenters. The largest absolute Gasteiger partial charge is 0.357 e. The van der Waals surface area contributed by atoms with Crippen molar-refractivity contribution in [2.24, 2.45) is 4.99 Å². The van der Waals surface area contributed by atoms with E-state index >= 15 is 0 Å². The van der Waals surface area contributed by atoms with Gasteiger partial charge in [0.25, 0.3) is 0 Å². The summed E-state index contributed by atoms with van der Waals surface area (Å²) in [6.45, 7) is 5.22. The first-order valence-corrected chi connectivity index (χ1v) is 10.4. The third-order valence-corrected chi connectivity index (χ3v) is 5.33. The van der Waals surface area contributed by atoms with Crippen molar-refractivity contribution in [3.8, 4) is 0 Å². The van der Waals surface area contributed by atoms with Gasteiger partial charge in [0.15, 0.2) is 5.96 Å². The Kier molecular flexibility index (Phi) is 6.10. The number of halogens is 1. The van der Waals surface area contributed by atoms with E-state index in [1.807, 2.05) is 24.4 Å². The number of aliphatic imine (C=N–C) groups is 1. The van der Waals surface area contributed by atoms with Crippen LogP contribution in [0.4, 0.5) is 5.82 Å². The van der Waals surface area contributed by atoms with Crippen LogP contribution in [0.25, 0.3) is 10.9 Å². The third kappa shape index (κ3) is 4.59. The van der Waals surface area contributed by atoms with Gasteiger partial charge in [0.05, 0.1) is 17.1 Å². The zero-order chi connectivity index (χ0) is 20.1. The number of pyridine rings is 2. The minimum Gasteiger partial charge on any atom is -0.357 e. The van der Waals surface area contributed by atoms with Gasteiger partial charge in [0, 0.05) is 43.5 Å². The van der Waals surface area contributed by atoms with Gasteiger partial charge in [-0.25, -0.2) is 9.98 Å². The molecule has 0 aliphatic carbocycles. The number of guanidine groups is 1. The lowest BCUT2D eigenvalue weighted by Gasteiger charge is -2.20. The van der Waals surface area contributed by atoms with Crippen molar-refractivity contribution in [3.63, 3.8) is 0 Å². The van der Waals surface area contributed by atoms with Crippen LogP contribution < -0.4 is 15.5 Å². The molecule has 1 aliphatic rings. The van der Waals surface area contributed by atoms with Crippen LogP contribution >= 0.6 is 11.6 Å². The summed E-state index contributed by atoms with van der Waals surface area (Å²) in [6.07, 6.45) is 4.62. The highest BCUT2D eigenvalue weighted by atomic mass is 35.5. The van der Waals surface area contributed by atoms with Gasteiger partial charge in [-0.3, -0.25) is 4.98 Å². The van der Waals surface area contributed by atoms with Crippen LogP contribution in [0.1, 0.15) is 18.9 Å². The van der Waals surface area contributed by atoms with Crippen molar-refractivity contribution >= 4 is 34.3 Å². The van der Waals surface area contributed by atoms with Gasteiger partial charge in [0.2, 0.25) is 0 Å². The number of nitrogens with zero attached hydrogens (tertiary/aromatic N) is 4. The third-order valence-electron chi connectivity index (χ3n) is 5.04. The lowest BCUT2D eigenvalue weighted by molar-refractivity contribution is 0.649. The zero-order valence-electron chi connectivity index (χ0n) is 16.5. The predicted molar refractivity (Wildman–Crippen MR) is 120 cm³/mol. The minimum atomic E-state index is 0.288. The van der Waals surface area contributed by atoms with Gasteiger partial charge >= 0.3 is 0 Å². The van der Waals surface area contributed by atoms with E-state index in [0.717, 1.165) is 54.3 Å². The molecule has 0 amide bonds. The molecule has 3 aromatic rings. The van der Waals surface area contributed by atoms with Crippen molar-refractivity contribution in [1.29, 1.82) is 0 Å². The van der Waals surface area contributed by atoms with Crippen LogP contribution in [0, 0.1) is 0 Å². The van der Waals surface area contributed by atoms with Crippen molar-refractivity contribution in [2.75, 3.05) is 24.5 Å². The summed E-state index contributed by atoms with van der Waals surface area (Å²) in [5.74, 6) is 1.67. The SMILES string of the molecule is CCNC(=NCc1cccc2cccnc12)NC1CCN(c2ncccc2Cl)C1. The van der Waals surface area contributed by atoms with E-state index in [2.05, 4.69) is 56.7 Å². The molecule has 1 atom stereocenters. The number of benzene rings is 1. The van der Waals surface area contributed by atoms with E-state index in [1.165, 1.54) is 0 Å². The molecule has 150 valence electrons. The molecule has 29 heavy (non-hydrogen) atoms. The Balaban J connectivity index is 1.45. The molecular weight excluding hydrogens is 384 g/mol. The molecule has 0 radical (unpaired) electrons. The molecule has 2 N–H and O–H groups in total. The first-order valence-electron chi connectivity index (χ1n) is 9.97. The second-order valence-corrected chi connectivity index (χ2v) is 7.48. The lowest BCUT2D eigenvalue weighted by atomic mass is 10.1. The maximum atomic E-state index is 6.31. The average Bonchev–Trinajstić information content (AvgIpc) is 3.20. The van der Waals surface area contributed by atoms with Crippen LogP contribution in [0.5, 0.6) is 0 Å². The van der Waals surface area contributed by atoms with Crippen molar-refractivity contribution in [2.45, 2.75) is 25.9 Å². The fourth-order valence-corrected chi connectivity index (χ4v) is 3.89. The highest BCUT2D eigenvalue weighted by molar-refractivity contribution is 6.32. The first kappa shape index (κ1) is 19.5. The highest BCUT2D eigenvalue weighted by Gasteiger charge is 2.25. The van der Waals surface area contributed by atoms with Gasteiger partial charge in [-0.15, -0.1) is 0 Å². The van der Waals surface area contributed by atoms with Gasteiger partial charge in [0.1, 0.15) is 5.82 Å². The van der Waals surface area contributed by atoms with Crippen LogP contribution in [0.15, 0.2) is 59.9 Å². The smallest absolute Gasteiger partial charge is 0.191 e. The topological polar surface area (TPSA) is 65.4 Å². The van der Waals surface area contributed by atoms with Crippen molar-refractivity contribution < 1.29 is 0 Å².